The highest BCUT2D eigenvalue weighted by Gasteiger charge is 2.38. The zero-order valence-electron chi connectivity index (χ0n) is 12.8. The lowest BCUT2D eigenvalue weighted by atomic mass is 9.66. The van der Waals surface area contributed by atoms with Crippen LogP contribution < -0.4 is 5.32 Å². The molecular weight excluding hydrogens is 270 g/mol. The summed E-state index contributed by atoms with van der Waals surface area (Å²) in [5.41, 5.74) is 1.65. The second kappa shape index (κ2) is 5.34. The fourth-order valence-electron chi connectivity index (χ4n) is 3.65. The smallest absolute Gasteiger partial charge is 0.0820 e. The Morgan fingerprint density at radius 3 is 2.75 bits per heavy atom. The molecule has 1 aromatic rings. The number of rotatable bonds is 4. The van der Waals surface area contributed by atoms with Gasteiger partial charge in [0.1, 0.15) is 0 Å². The van der Waals surface area contributed by atoms with Gasteiger partial charge in [0.2, 0.25) is 0 Å². The Labute approximate surface area is 127 Å². The third-order valence-corrected chi connectivity index (χ3v) is 5.36. The molecule has 3 nitrogen and oxygen atoms in total. The van der Waals surface area contributed by atoms with Gasteiger partial charge in [0.05, 0.1) is 16.9 Å². The summed E-state index contributed by atoms with van der Waals surface area (Å²) in [5, 5.41) is 8.90. The zero-order chi connectivity index (χ0) is 14.3. The van der Waals surface area contributed by atoms with Gasteiger partial charge in [0.25, 0.3) is 0 Å². The molecule has 2 saturated carbocycles. The molecule has 1 heterocycles. The van der Waals surface area contributed by atoms with Crippen LogP contribution in [0.3, 0.4) is 0 Å². The topological polar surface area (TPSA) is 29.9 Å². The summed E-state index contributed by atoms with van der Waals surface area (Å²) in [6.07, 6.45) is 8.33. The van der Waals surface area contributed by atoms with Gasteiger partial charge in [0, 0.05) is 19.0 Å². The van der Waals surface area contributed by atoms with Crippen LogP contribution in [0.15, 0.2) is 6.20 Å². The minimum absolute atomic E-state index is 0.411. The lowest BCUT2D eigenvalue weighted by molar-refractivity contribution is 0.155. The monoisotopic (exact) mass is 295 g/mol. The molecule has 1 aromatic heterocycles. The maximum Gasteiger partial charge on any atom is 0.0820 e. The standard InChI is InChI=1S/C16H26ClN3/c1-16(2)7-6-11(9-18-12-4-5-12)13(8-16)15-14(17)10-19-20(15)3/h10-13,18H,4-9H2,1-3H3. The first-order chi connectivity index (χ1) is 9.46. The fraction of sp³-hybridized carbons (Fsp3) is 0.812. The van der Waals surface area contributed by atoms with Crippen LogP contribution in [-0.4, -0.2) is 22.4 Å². The Balaban J connectivity index is 1.80. The first kappa shape index (κ1) is 14.4. The number of nitrogens with zero attached hydrogens (tertiary/aromatic N) is 2. The van der Waals surface area contributed by atoms with E-state index in [4.69, 9.17) is 11.6 Å². The van der Waals surface area contributed by atoms with Gasteiger partial charge in [0.15, 0.2) is 0 Å². The van der Waals surface area contributed by atoms with Crippen molar-refractivity contribution in [2.24, 2.45) is 18.4 Å². The summed E-state index contributed by atoms with van der Waals surface area (Å²) in [6.45, 7) is 5.90. The Bertz CT molecular complexity index is 455. The third-order valence-electron chi connectivity index (χ3n) is 5.07. The quantitative estimate of drug-likeness (QED) is 0.917. The number of nitrogens with one attached hydrogen (secondary N) is 1. The number of hydrogen-bond acceptors (Lipinski definition) is 2. The van der Waals surface area contributed by atoms with Crippen molar-refractivity contribution in [2.75, 3.05) is 6.54 Å². The van der Waals surface area contributed by atoms with Crippen molar-refractivity contribution < 1.29 is 0 Å². The lowest BCUT2D eigenvalue weighted by Crippen LogP contribution is -2.36. The molecule has 2 unspecified atom stereocenters. The van der Waals surface area contributed by atoms with Crippen LogP contribution in [0.5, 0.6) is 0 Å². The zero-order valence-corrected chi connectivity index (χ0v) is 13.6. The Hall–Kier alpha value is -0.540. The van der Waals surface area contributed by atoms with Gasteiger partial charge in [-0.05, 0) is 50.0 Å². The molecule has 0 aliphatic heterocycles. The molecule has 0 radical (unpaired) electrons. The first-order valence-corrected chi connectivity index (χ1v) is 8.25. The number of halogens is 1. The van der Waals surface area contributed by atoms with Crippen LogP contribution in [0, 0.1) is 11.3 Å². The van der Waals surface area contributed by atoms with Gasteiger partial charge in [-0.25, -0.2) is 0 Å². The normalized spacial score (nSPS) is 29.6. The molecule has 3 rings (SSSR count). The van der Waals surface area contributed by atoms with E-state index in [1.165, 1.54) is 37.8 Å². The van der Waals surface area contributed by atoms with E-state index in [1.54, 1.807) is 6.20 Å². The van der Waals surface area contributed by atoms with Gasteiger partial charge in [-0.15, -0.1) is 0 Å². The average molecular weight is 296 g/mol. The molecular formula is C16H26ClN3. The van der Waals surface area contributed by atoms with Crippen molar-refractivity contribution in [3.05, 3.63) is 16.9 Å². The second-order valence-electron chi connectivity index (χ2n) is 7.46. The van der Waals surface area contributed by atoms with E-state index in [9.17, 15) is 0 Å². The Morgan fingerprint density at radius 2 is 2.15 bits per heavy atom. The second-order valence-corrected chi connectivity index (χ2v) is 7.86. The summed E-state index contributed by atoms with van der Waals surface area (Å²) >= 11 is 6.41. The number of aromatic nitrogens is 2. The summed E-state index contributed by atoms with van der Waals surface area (Å²) < 4.78 is 1.98. The molecule has 2 aliphatic carbocycles. The summed E-state index contributed by atoms with van der Waals surface area (Å²) in [7, 11) is 2.02. The lowest BCUT2D eigenvalue weighted by Gasteiger charge is -2.41. The molecule has 20 heavy (non-hydrogen) atoms. The molecule has 0 saturated heterocycles. The Kier molecular flexibility index (Phi) is 3.85. The molecule has 0 spiro atoms. The molecule has 0 bridgehead atoms. The molecule has 0 amide bonds. The number of aryl methyl sites for hydroxylation is 1. The molecule has 2 aliphatic rings. The highest BCUT2D eigenvalue weighted by molar-refractivity contribution is 6.31. The molecule has 112 valence electrons. The van der Waals surface area contributed by atoms with Gasteiger partial charge in [-0.3, -0.25) is 4.68 Å². The molecule has 1 N–H and O–H groups in total. The third kappa shape index (κ3) is 3.04. The van der Waals surface area contributed by atoms with Gasteiger partial charge >= 0.3 is 0 Å². The van der Waals surface area contributed by atoms with Gasteiger partial charge in [-0.2, -0.15) is 5.10 Å². The maximum absolute atomic E-state index is 6.41. The van der Waals surface area contributed by atoms with E-state index < -0.39 is 0 Å². The van der Waals surface area contributed by atoms with Crippen molar-refractivity contribution in [2.45, 2.75) is 57.9 Å². The van der Waals surface area contributed by atoms with E-state index in [0.29, 0.717) is 17.3 Å². The summed E-state index contributed by atoms with van der Waals surface area (Å²) in [6, 6.07) is 0.785. The summed E-state index contributed by atoms with van der Waals surface area (Å²) in [5.74, 6) is 1.22. The van der Waals surface area contributed by atoms with Crippen LogP contribution in [-0.2, 0) is 7.05 Å². The van der Waals surface area contributed by atoms with Crippen molar-refractivity contribution in [1.29, 1.82) is 0 Å². The van der Waals surface area contributed by atoms with Crippen molar-refractivity contribution in [3.8, 4) is 0 Å². The van der Waals surface area contributed by atoms with Crippen LogP contribution >= 0.6 is 11.6 Å². The molecule has 4 heteroatoms. The van der Waals surface area contributed by atoms with Crippen molar-refractivity contribution in [1.82, 2.24) is 15.1 Å². The minimum atomic E-state index is 0.411. The van der Waals surface area contributed by atoms with Crippen molar-refractivity contribution >= 4 is 11.6 Å². The predicted molar refractivity (Wildman–Crippen MR) is 83.1 cm³/mol. The van der Waals surface area contributed by atoms with Gasteiger partial charge in [-0.1, -0.05) is 25.4 Å². The highest BCUT2D eigenvalue weighted by atomic mass is 35.5. The van der Waals surface area contributed by atoms with Crippen LogP contribution in [0.1, 0.15) is 57.6 Å². The van der Waals surface area contributed by atoms with Crippen LogP contribution in [0.25, 0.3) is 0 Å². The SMILES string of the molecule is Cn1ncc(Cl)c1C1CC(C)(C)CCC1CNC1CC1. The van der Waals surface area contributed by atoms with Crippen molar-refractivity contribution in [3.63, 3.8) is 0 Å². The fourth-order valence-corrected chi connectivity index (χ4v) is 3.95. The van der Waals surface area contributed by atoms with E-state index in [2.05, 4.69) is 24.3 Å². The van der Waals surface area contributed by atoms with E-state index in [-0.39, 0.29) is 0 Å². The summed E-state index contributed by atoms with van der Waals surface area (Å²) in [4.78, 5) is 0. The Morgan fingerprint density at radius 1 is 1.40 bits per heavy atom. The van der Waals surface area contributed by atoms with E-state index in [0.717, 1.165) is 17.6 Å². The minimum Gasteiger partial charge on any atom is -0.314 e. The molecule has 0 aromatic carbocycles. The molecule has 2 fully saturated rings. The number of hydrogen-bond donors (Lipinski definition) is 1. The molecule has 2 atom stereocenters. The van der Waals surface area contributed by atoms with Crippen LogP contribution in [0.4, 0.5) is 0 Å². The van der Waals surface area contributed by atoms with Gasteiger partial charge < -0.3 is 5.32 Å². The van der Waals surface area contributed by atoms with E-state index >= 15 is 0 Å². The average Bonchev–Trinajstić information content (AvgIpc) is 3.13. The maximum atomic E-state index is 6.41. The largest absolute Gasteiger partial charge is 0.314 e. The van der Waals surface area contributed by atoms with Crippen LogP contribution in [0.2, 0.25) is 5.02 Å². The first-order valence-electron chi connectivity index (χ1n) is 7.87. The highest BCUT2D eigenvalue weighted by Crippen LogP contribution is 2.47. The van der Waals surface area contributed by atoms with E-state index in [1.807, 2.05) is 11.7 Å². The predicted octanol–water partition coefficient (Wildman–Crippen LogP) is 3.74.